The fourth-order valence-electron chi connectivity index (χ4n) is 1.12. The van der Waals surface area contributed by atoms with Crippen LogP contribution in [0.25, 0.3) is 0 Å². The van der Waals surface area contributed by atoms with E-state index in [-0.39, 0.29) is 18.3 Å². The van der Waals surface area contributed by atoms with Crippen LogP contribution in [0, 0.1) is 6.92 Å². The maximum atomic E-state index is 11.6. The van der Waals surface area contributed by atoms with Gasteiger partial charge in [0.2, 0.25) is 5.89 Å². The molecule has 0 aliphatic heterocycles. The maximum absolute atomic E-state index is 11.6. The highest BCUT2D eigenvalue weighted by atomic mass is 16.4. The maximum Gasteiger partial charge on any atom is 0.322 e. The van der Waals surface area contributed by atoms with Crippen LogP contribution in [-0.2, 0) is 6.54 Å². The molecule has 0 saturated heterocycles. The van der Waals surface area contributed by atoms with Crippen molar-refractivity contribution in [3.8, 4) is 0 Å². The third-order valence-corrected chi connectivity index (χ3v) is 1.83. The van der Waals surface area contributed by atoms with E-state index in [1.807, 2.05) is 0 Å². The molecule has 2 aromatic rings. The molecule has 0 radical (unpaired) electrons. The summed E-state index contributed by atoms with van der Waals surface area (Å²) >= 11 is 0. The number of amides is 1. The van der Waals surface area contributed by atoms with Crippen molar-refractivity contribution >= 4 is 11.9 Å². The SMILES string of the molecule is Cc1nnc(NC(=O)c2ccc(CN)o2)o1. The van der Waals surface area contributed by atoms with Gasteiger partial charge >= 0.3 is 6.01 Å². The number of carbonyl (C=O) groups is 1. The smallest absolute Gasteiger partial charge is 0.322 e. The Hall–Kier alpha value is -2.15. The molecule has 2 heterocycles. The second-order valence-corrected chi connectivity index (χ2v) is 3.05. The van der Waals surface area contributed by atoms with E-state index in [9.17, 15) is 4.79 Å². The predicted molar refractivity (Wildman–Crippen MR) is 53.6 cm³/mol. The van der Waals surface area contributed by atoms with Gasteiger partial charge in [-0.25, -0.2) is 0 Å². The van der Waals surface area contributed by atoms with Gasteiger partial charge in [0.25, 0.3) is 5.91 Å². The van der Waals surface area contributed by atoms with E-state index in [2.05, 4.69) is 15.5 Å². The van der Waals surface area contributed by atoms with Crippen molar-refractivity contribution < 1.29 is 13.6 Å². The minimum Gasteiger partial charge on any atom is -0.455 e. The van der Waals surface area contributed by atoms with Gasteiger partial charge in [-0.15, -0.1) is 5.10 Å². The number of carbonyl (C=O) groups excluding carboxylic acids is 1. The van der Waals surface area contributed by atoms with Crippen molar-refractivity contribution in [1.82, 2.24) is 10.2 Å². The third-order valence-electron chi connectivity index (χ3n) is 1.83. The number of anilines is 1. The van der Waals surface area contributed by atoms with E-state index >= 15 is 0 Å². The van der Waals surface area contributed by atoms with E-state index in [1.54, 1.807) is 13.0 Å². The summed E-state index contributed by atoms with van der Waals surface area (Å²) < 4.78 is 10.1. The lowest BCUT2D eigenvalue weighted by Gasteiger charge is -1.95. The monoisotopic (exact) mass is 222 g/mol. The largest absolute Gasteiger partial charge is 0.455 e. The van der Waals surface area contributed by atoms with E-state index in [4.69, 9.17) is 14.6 Å². The van der Waals surface area contributed by atoms with Gasteiger partial charge < -0.3 is 14.6 Å². The Morgan fingerprint density at radius 3 is 2.81 bits per heavy atom. The first-order valence-electron chi connectivity index (χ1n) is 4.59. The van der Waals surface area contributed by atoms with Crippen LogP contribution in [0.4, 0.5) is 6.01 Å². The summed E-state index contributed by atoms with van der Waals surface area (Å²) in [6.45, 7) is 1.87. The zero-order valence-corrected chi connectivity index (χ0v) is 8.56. The molecule has 7 nitrogen and oxygen atoms in total. The zero-order valence-electron chi connectivity index (χ0n) is 8.56. The Balaban J connectivity index is 2.08. The molecule has 0 unspecified atom stereocenters. The minimum absolute atomic E-state index is 0.0354. The Morgan fingerprint density at radius 1 is 1.44 bits per heavy atom. The zero-order chi connectivity index (χ0) is 11.5. The summed E-state index contributed by atoms with van der Waals surface area (Å²) in [5.74, 6) is 0.601. The van der Waals surface area contributed by atoms with Crippen LogP contribution < -0.4 is 11.1 Å². The Morgan fingerprint density at radius 2 is 2.25 bits per heavy atom. The van der Waals surface area contributed by atoms with Crippen molar-refractivity contribution in [1.29, 1.82) is 0 Å². The highest BCUT2D eigenvalue weighted by Crippen LogP contribution is 2.10. The predicted octanol–water partition coefficient (Wildman–Crippen LogP) is 0.682. The van der Waals surface area contributed by atoms with Gasteiger partial charge in [0.15, 0.2) is 5.76 Å². The highest BCUT2D eigenvalue weighted by Gasteiger charge is 2.13. The van der Waals surface area contributed by atoms with Crippen molar-refractivity contribution in [2.75, 3.05) is 5.32 Å². The number of hydrogen-bond donors (Lipinski definition) is 2. The van der Waals surface area contributed by atoms with E-state index in [1.165, 1.54) is 6.07 Å². The van der Waals surface area contributed by atoms with Crippen LogP contribution in [0.3, 0.4) is 0 Å². The Bertz CT molecular complexity index is 502. The lowest BCUT2D eigenvalue weighted by atomic mass is 10.4. The van der Waals surface area contributed by atoms with Gasteiger partial charge in [0.05, 0.1) is 6.54 Å². The van der Waals surface area contributed by atoms with Crippen molar-refractivity contribution in [3.63, 3.8) is 0 Å². The lowest BCUT2D eigenvalue weighted by Crippen LogP contribution is -2.11. The first-order chi connectivity index (χ1) is 7.69. The molecule has 2 aromatic heterocycles. The molecule has 0 aliphatic rings. The highest BCUT2D eigenvalue weighted by molar-refractivity contribution is 6.00. The molecule has 0 saturated carbocycles. The van der Waals surface area contributed by atoms with Crippen molar-refractivity contribution in [3.05, 3.63) is 29.5 Å². The quantitative estimate of drug-likeness (QED) is 0.790. The third kappa shape index (κ3) is 2.09. The van der Waals surface area contributed by atoms with Crippen LogP contribution in [0.5, 0.6) is 0 Å². The number of aromatic nitrogens is 2. The minimum atomic E-state index is -0.455. The van der Waals surface area contributed by atoms with E-state index in [0.717, 1.165) is 0 Å². The summed E-state index contributed by atoms with van der Waals surface area (Å²) in [4.78, 5) is 11.6. The number of nitrogens with zero attached hydrogens (tertiary/aromatic N) is 2. The molecule has 7 heteroatoms. The van der Waals surface area contributed by atoms with Crippen LogP contribution in [-0.4, -0.2) is 16.1 Å². The standard InChI is InChI=1S/C9H10N4O3/c1-5-12-13-9(15-5)11-8(14)7-3-2-6(4-10)16-7/h2-3H,4,10H2,1H3,(H,11,13,14). The molecule has 1 amide bonds. The molecular weight excluding hydrogens is 212 g/mol. The van der Waals surface area contributed by atoms with Gasteiger partial charge in [-0.05, 0) is 12.1 Å². The second-order valence-electron chi connectivity index (χ2n) is 3.05. The topological polar surface area (TPSA) is 107 Å². The first-order valence-corrected chi connectivity index (χ1v) is 4.59. The Labute approximate surface area is 90.6 Å². The first kappa shape index (κ1) is 10.4. The van der Waals surface area contributed by atoms with Gasteiger partial charge in [-0.1, -0.05) is 5.10 Å². The van der Waals surface area contributed by atoms with Crippen LogP contribution >= 0.6 is 0 Å². The molecule has 0 fully saturated rings. The molecule has 0 atom stereocenters. The van der Waals surface area contributed by atoms with E-state index < -0.39 is 5.91 Å². The molecule has 2 rings (SSSR count). The molecule has 3 N–H and O–H groups in total. The van der Waals surface area contributed by atoms with Gasteiger partial charge in [-0.3, -0.25) is 10.1 Å². The van der Waals surface area contributed by atoms with E-state index in [0.29, 0.717) is 11.7 Å². The molecule has 0 bridgehead atoms. The van der Waals surface area contributed by atoms with Crippen molar-refractivity contribution in [2.24, 2.45) is 5.73 Å². The van der Waals surface area contributed by atoms with Gasteiger partial charge in [-0.2, -0.15) is 0 Å². The normalized spacial score (nSPS) is 10.4. The summed E-state index contributed by atoms with van der Waals surface area (Å²) in [6.07, 6.45) is 0. The molecule has 84 valence electrons. The summed E-state index contributed by atoms with van der Waals surface area (Å²) in [7, 11) is 0. The van der Waals surface area contributed by atoms with Crippen LogP contribution in [0.1, 0.15) is 22.2 Å². The summed E-state index contributed by atoms with van der Waals surface area (Å²) in [6, 6.07) is 3.20. The lowest BCUT2D eigenvalue weighted by molar-refractivity contribution is 0.0992. The second kappa shape index (κ2) is 4.15. The average molecular weight is 222 g/mol. The van der Waals surface area contributed by atoms with Crippen LogP contribution in [0.2, 0.25) is 0 Å². The molecule has 0 aliphatic carbocycles. The number of nitrogens with two attached hydrogens (primary N) is 1. The number of aryl methyl sites for hydroxylation is 1. The average Bonchev–Trinajstić information content (AvgIpc) is 2.87. The molecular formula is C9H10N4O3. The van der Waals surface area contributed by atoms with Gasteiger partial charge in [0.1, 0.15) is 5.76 Å². The fraction of sp³-hybridized carbons (Fsp3) is 0.222. The van der Waals surface area contributed by atoms with Gasteiger partial charge in [0, 0.05) is 6.92 Å². The van der Waals surface area contributed by atoms with Crippen molar-refractivity contribution in [2.45, 2.75) is 13.5 Å². The van der Waals surface area contributed by atoms with Crippen LogP contribution in [0.15, 0.2) is 21.0 Å². The molecule has 16 heavy (non-hydrogen) atoms. The number of rotatable bonds is 3. The summed E-state index contributed by atoms with van der Waals surface area (Å²) in [5.41, 5.74) is 5.35. The molecule has 0 spiro atoms. The summed E-state index contributed by atoms with van der Waals surface area (Å²) in [5, 5.41) is 9.60. The number of nitrogens with one attached hydrogen (secondary N) is 1. The Kier molecular flexibility index (Phi) is 2.69. The number of furan rings is 1. The fourth-order valence-corrected chi connectivity index (χ4v) is 1.12. The molecule has 0 aromatic carbocycles. The number of hydrogen-bond acceptors (Lipinski definition) is 6.